The summed E-state index contributed by atoms with van der Waals surface area (Å²) in [4.78, 5) is 14.3. The molecule has 2 rings (SSSR count). The first-order valence-electron chi connectivity index (χ1n) is 9.12. The maximum Gasteiger partial charge on any atom is 0.409 e. The Balaban J connectivity index is 2.09. The van der Waals surface area contributed by atoms with Gasteiger partial charge in [-0.3, -0.25) is 0 Å². The minimum absolute atomic E-state index is 0.230. The molecule has 0 N–H and O–H groups in total. The average molecular weight is 349 g/mol. The molecule has 1 aliphatic rings. The summed E-state index contributed by atoms with van der Waals surface area (Å²) in [6.45, 7) is 5.93. The van der Waals surface area contributed by atoms with Crippen LogP contribution in [0.4, 0.5) is 4.79 Å². The summed E-state index contributed by atoms with van der Waals surface area (Å²) in [6.07, 6.45) is 2.97. The van der Waals surface area contributed by atoms with Gasteiger partial charge >= 0.3 is 6.09 Å². The van der Waals surface area contributed by atoms with Crippen LogP contribution in [0.2, 0.25) is 0 Å². The minimum Gasteiger partial charge on any atom is -0.448 e. The molecular weight excluding hydrogens is 318 g/mol. The van der Waals surface area contributed by atoms with E-state index in [1.165, 1.54) is 0 Å². The van der Waals surface area contributed by atoms with Gasteiger partial charge in [0, 0.05) is 45.6 Å². The molecule has 140 valence electrons. The quantitative estimate of drug-likeness (QED) is 0.633. The first-order chi connectivity index (χ1) is 12.0. The molecule has 1 aliphatic carbocycles. The van der Waals surface area contributed by atoms with E-state index in [1.54, 1.807) is 19.1 Å². The van der Waals surface area contributed by atoms with E-state index in [2.05, 4.69) is 26.0 Å². The summed E-state index contributed by atoms with van der Waals surface area (Å²) in [5.41, 5.74) is 0.901. The molecule has 5 nitrogen and oxygen atoms in total. The van der Waals surface area contributed by atoms with E-state index in [9.17, 15) is 4.79 Å². The summed E-state index contributed by atoms with van der Waals surface area (Å²) in [5.74, 6) is -0.589. The van der Waals surface area contributed by atoms with Crippen molar-refractivity contribution in [3.63, 3.8) is 0 Å². The Bertz CT molecular complexity index is 528. The van der Waals surface area contributed by atoms with Crippen LogP contribution in [0.5, 0.6) is 0 Å². The third-order valence-corrected chi connectivity index (χ3v) is 5.06. The summed E-state index contributed by atoms with van der Waals surface area (Å²) in [6, 6.07) is 10.2. The predicted molar refractivity (Wildman–Crippen MR) is 97.6 cm³/mol. The highest BCUT2D eigenvalue weighted by Gasteiger charge is 2.57. The Kier molecular flexibility index (Phi) is 6.85. The number of nitrogens with zero attached hydrogens (tertiary/aromatic N) is 1. The number of benzene rings is 1. The van der Waals surface area contributed by atoms with Gasteiger partial charge in [0.05, 0.1) is 0 Å². The molecule has 0 unspecified atom stereocenters. The molecule has 0 radical (unpaired) electrons. The van der Waals surface area contributed by atoms with Crippen LogP contribution in [-0.4, -0.2) is 50.7 Å². The van der Waals surface area contributed by atoms with Gasteiger partial charge in [-0.25, -0.2) is 4.79 Å². The molecule has 1 amide bonds. The van der Waals surface area contributed by atoms with Crippen molar-refractivity contribution in [1.82, 2.24) is 4.90 Å². The van der Waals surface area contributed by atoms with E-state index in [1.807, 2.05) is 18.2 Å². The van der Waals surface area contributed by atoms with Crippen molar-refractivity contribution in [3.8, 4) is 0 Å². The first-order valence-corrected chi connectivity index (χ1v) is 9.12. The van der Waals surface area contributed by atoms with Crippen LogP contribution in [0.3, 0.4) is 0 Å². The van der Waals surface area contributed by atoms with Gasteiger partial charge in [-0.15, -0.1) is 0 Å². The number of rotatable bonds is 9. The summed E-state index contributed by atoms with van der Waals surface area (Å²) < 4.78 is 16.8. The molecule has 5 heteroatoms. The fourth-order valence-corrected chi connectivity index (χ4v) is 3.66. The molecule has 0 spiro atoms. The number of carbonyl (C=O) groups is 1. The monoisotopic (exact) mass is 349 g/mol. The van der Waals surface area contributed by atoms with Crippen LogP contribution in [0.25, 0.3) is 0 Å². The van der Waals surface area contributed by atoms with Crippen LogP contribution >= 0.6 is 0 Å². The lowest BCUT2D eigenvalue weighted by atomic mass is 9.61. The highest BCUT2D eigenvalue weighted by Crippen LogP contribution is 2.52. The van der Waals surface area contributed by atoms with Gasteiger partial charge in [-0.05, 0) is 18.4 Å². The van der Waals surface area contributed by atoms with E-state index < -0.39 is 5.79 Å². The molecule has 0 atom stereocenters. The second kappa shape index (κ2) is 8.68. The normalized spacial score (nSPS) is 17.6. The SMILES string of the molecule is CCCN(CCC)C(=O)OCC1(c2ccccc2)CC(OC)(OC)C1. The minimum atomic E-state index is -0.589. The number of ether oxygens (including phenoxy) is 3. The van der Waals surface area contributed by atoms with Gasteiger partial charge in [0.15, 0.2) is 5.79 Å². The molecule has 0 aromatic heterocycles. The summed E-state index contributed by atoms with van der Waals surface area (Å²) in [7, 11) is 3.32. The van der Waals surface area contributed by atoms with Gasteiger partial charge in [0.2, 0.25) is 0 Å². The maximum absolute atomic E-state index is 12.5. The zero-order chi connectivity index (χ0) is 18.3. The Labute approximate surface area is 151 Å². The number of amides is 1. The molecule has 0 aliphatic heterocycles. The lowest BCUT2D eigenvalue weighted by molar-refractivity contribution is -0.282. The number of hydrogen-bond donors (Lipinski definition) is 0. The lowest BCUT2D eigenvalue weighted by Crippen LogP contribution is -2.59. The Morgan fingerprint density at radius 2 is 1.60 bits per heavy atom. The topological polar surface area (TPSA) is 48.0 Å². The molecule has 1 saturated carbocycles. The standard InChI is InChI=1S/C20H31NO4/c1-5-12-21(13-6-2)18(22)25-16-19(17-10-8-7-9-11-17)14-20(15-19,23-3)24-4/h7-11H,5-6,12-16H2,1-4H3. The van der Waals surface area contributed by atoms with Crippen molar-refractivity contribution < 1.29 is 19.0 Å². The molecule has 0 bridgehead atoms. The highest BCUT2D eigenvalue weighted by molar-refractivity contribution is 5.67. The van der Waals surface area contributed by atoms with Crippen molar-refractivity contribution >= 4 is 6.09 Å². The van der Waals surface area contributed by atoms with Crippen molar-refractivity contribution in [3.05, 3.63) is 35.9 Å². The Morgan fingerprint density at radius 1 is 1.04 bits per heavy atom. The van der Waals surface area contributed by atoms with Gasteiger partial charge in [-0.1, -0.05) is 44.2 Å². The largest absolute Gasteiger partial charge is 0.448 e. The molecular formula is C20H31NO4. The zero-order valence-corrected chi connectivity index (χ0v) is 15.9. The van der Waals surface area contributed by atoms with Gasteiger partial charge in [0.1, 0.15) is 6.61 Å². The van der Waals surface area contributed by atoms with E-state index in [4.69, 9.17) is 14.2 Å². The molecule has 0 saturated heterocycles. The van der Waals surface area contributed by atoms with Crippen molar-refractivity contribution in [2.75, 3.05) is 33.9 Å². The lowest BCUT2D eigenvalue weighted by Gasteiger charge is -2.54. The van der Waals surface area contributed by atoms with E-state index >= 15 is 0 Å². The summed E-state index contributed by atoms with van der Waals surface area (Å²) >= 11 is 0. The second-order valence-electron chi connectivity index (χ2n) is 6.86. The maximum atomic E-state index is 12.5. The Hall–Kier alpha value is -1.59. The number of methoxy groups -OCH3 is 2. The van der Waals surface area contributed by atoms with Crippen LogP contribution in [0.15, 0.2) is 30.3 Å². The van der Waals surface area contributed by atoms with Crippen LogP contribution < -0.4 is 0 Å². The van der Waals surface area contributed by atoms with Crippen molar-refractivity contribution in [2.24, 2.45) is 0 Å². The van der Waals surface area contributed by atoms with Crippen LogP contribution in [-0.2, 0) is 19.6 Å². The molecule has 1 aromatic rings. The summed E-state index contributed by atoms with van der Waals surface area (Å²) in [5, 5.41) is 0. The zero-order valence-electron chi connectivity index (χ0n) is 15.9. The molecule has 1 fully saturated rings. The molecule has 25 heavy (non-hydrogen) atoms. The van der Waals surface area contributed by atoms with Gasteiger partial charge < -0.3 is 19.1 Å². The van der Waals surface area contributed by atoms with Crippen molar-refractivity contribution in [2.45, 2.75) is 50.7 Å². The number of carbonyl (C=O) groups excluding carboxylic acids is 1. The third-order valence-electron chi connectivity index (χ3n) is 5.06. The third kappa shape index (κ3) is 4.33. The average Bonchev–Trinajstić information content (AvgIpc) is 2.62. The predicted octanol–water partition coefficient (Wildman–Crippen LogP) is 3.97. The number of hydrogen-bond acceptors (Lipinski definition) is 4. The smallest absolute Gasteiger partial charge is 0.409 e. The van der Waals surface area contributed by atoms with E-state index in [0.717, 1.165) is 31.5 Å². The van der Waals surface area contributed by atoms with E-state index in [-0.39, 0.29) is 11.5 Å². The fraction of sp³-hybridized carbons (Fsp3) is 0.650. The van der Waals surface area contributed by atoms with Gasteiger partial charge in [0.25, 0.3) is 0 Å². The van der Waals surface area contributed by atoms with Crippen LogP contribution in [0, 0.1) is 0 Å². The highest BCUT2D eigenvalue weighted by atomic mass is 16.7. The second-order valence-corrected chi connectivity index (χ2v) is 6.86. The molecule has 0 heterocycles. The fourth-order valence-electron chi connectivity index (χ4n) is 3.66. The van der Waals surface area contributed by atoms with Gasteiger partial charge in [-0.2, -0.15) is 0 Å². The first kappa shape index (κ1) is 19.7. The van der Waals surface area contributed by atoms with Crippen molar-refractivity contribution in [1.29, 1.82) is 0 Å². The molecule has 1 aromatic carbocycles. The van der Waals surface area contributed by atoms with Crippen LogP contribution in [0.1, 0.15) is 45.1 Å². The Morgan fingerprint density at radius 3 is 2.08 bits per heavy atom. The van der Waals surface area contributed by atoms with E-state index in [0.29, 0.717) is 19.4 Å².